The Morgan fingerprint density at radius 1 is 0.964 bits per heavy atom. The quantitative estimate of drug-likeness (QED) is 0.600. The number of hydrogen-bond donors (Lipinski definition) is 3. The van der Waals surface area contributed by atoms with Crippen molar-refractivity contribution in [2.45, 2.75) is 51.1 Å². The van der Waals surface area contributed by atoms with Gasteiger partial charge in [-0.2, -0.15) is 0 Å². The van der Waals surface area contributed by atoms with E-state index in [9.17, 15) is 5.11 Å². The van der Waals surface area contributed by atoms with E-state index in [2.05, 4.69) is 25.7 Å². The lowest BCUT2D eigenvalue weighted by Gasteiger charge is -2.38. The summed E-state index contributed by atoms with van der Waals surface area (Å²) in [7, 11) is 0. The molecule has 0 atom stereocenters. The van der Waals surface area contributed by atoms with Gasteiger partial charge in [0, 0.05) is 22.6 Å². The van der Waals surface area contributed by atoms with Crippen molar-refractivity contribution in [3.8, 4) is 5.75 Å². The third kappa shape index (κ3) is 7.41. The van der Waals surface area contributed by atoms with Gasteiger partial charge in [0.2, 0.25) is 0 Å². The predicted molar refractivity (Wildman–Crippen MR) is 109 cm³/mol. The molecule has 0 amide bonds. The second kappa shape index (κ2) is 11.4. The zero-order valence-corrected chi connectivity index (χ0v) is 17.6. The van der Waals surface area contributed by atoms with Gasteiger partial charge in [0.15, 0.2) is 0 Å². The van der Waals surface area contributed by atoms with Crippen LogP contribution in [0.2, 0.25) is 0 Å². The lowest BCUT2D eigenvalue weighted by molar-refractivity contribution is -0.159. The summed E-state index contributed by atoms with van der Waals surface area (Å²) >= 11 is 3.49. The highest BCUT2D eigenvalue weighted by molar-refractivity contribution is 9.10. The van der Waals surface area contributed by atoms with Crippen molar-refractivity contribution < 1.29 is 24.9 Å². The molecule has 0 spiro atoms. The molecule has 0 bridgehead atoms. The van der Waals surface area contributed by atoms with Crippen LogP contribution in [0.3, 0.4) is 0 Å². The molecule has 0 saturated carbocycles. The van der Waals surface area contributed by atoms with Crippen LogP contribution >= 0.6 is 15.9 Å². The molecule has 1 aromatic carbocycles. The molecule has 3 N–H and O–H groups in total. The van der Waals surface area contributed by atoms with Crippen LogP contribution in [0.25, 0.3) is 0 Å². The standard InChI is InChI=1S/C18H27BrN2O.C2H2O4/c19-16-5-6-18(22)15(13-16)14-20-11-7-17(8-12-20)21-9-3-1-2-4-10-21;3-1(4)2(5)6/h5-6,13,17,22H,1-4,7-12,14H2;(H,3,4)(H,5,6). The number of benzene rings is 1. The van der Waals surface area contributed by atoms with Crippen molar-refractivity contribution in [2.75, 3.05) is 26.2 Å². The number of piperidine rings is 1. The summed E-state index contributed by atoms with van der Waals surface area (Å²) in [4.78, 5) is 23.4. The van der Waals surface area contributed by atoms with E-state index >= 15 is 0 Å². The molecule has 0 unspecified atom stereocenters. The van der Waals surface area contributed by atoms with Gasteiger partial charge in [0.1, 0.15) is 5.75 Å². The van der Waals surface area contributed by atoms with Crippen LogP contribution in [0.5, 0.6) is 5.75 Å². The SMILES string of the molecule is O=C(O)C(=O)O.Oc1ccc(Br)cc1CN1CCC(N2CCCCCC2)CC1. The van der Waals surface area contributed by atoms with E-state index < -0.39 is 11.9 Å². The number of halogens is 1. The maximum Gasteiger partial charge on any atom is 0.414 e. The molecule has 28 heavy (non-hydrogen) atoms. The summed E-state index contributed by atoms with van der Waals surface area (Å²) in [6.07, 6.45) is 8.14. The Morgan fingerprint density at radius 2 is 1.54 bits per heavy atom. The maximum absolute atomic E-state index is 10.00. The minimum absolute atomic E-state index is 0.415. The predicted octanol–water partition coefficient (Wildman–Crippen LogP) is 3.15. The van der Waals surface area contributed by atoms with Crippen molar-refractivity contribution >= 4 is 27.9 Å². The van der Waals surface area contributed by atoms with Crippen LogP contribution in [-0.4, -0.2) is 69.3 Å². The number of carbonyl (C=O) groups is 2. The fourth-order valence-corrected chi connectivity index (χ4v) is 4.23. The number of phenolic OH excluding ortho intramolecular Hbond substituents is 1. The summed E-state index contributed by atoms with van der Waals surface area (Å²) in [6.45, 7) is 5.76. The van der Waals surface area contributed by atoms with Crippen molar-refractivity contribution in [1.82, 2.24) is 9.80 Å². The molecule has 1 aromatic rings. The fourth-order valence-electron chi connectivity index (χ4n) is 3.82. The highest BCUT2D eigenvalue weighted by Crippen LogP contribution is 2.26. The second-order valence-corrected chi connectivity index (χ2v) is 8.26. The van der Waals surface area contributed by atoms with E-state index in [1.807, 2.05) is 12.1 Å². The van der Waals surface area contributed by atoms with Crippen LogP contribution in [-0.2, 0) is 16.1 Å². The van der Waals surface area contributed by atoms with Crippen molar-refractivity contribution in [3.05, 3.63) is 28.2 Å². The van der Waals surface area contributed by atoms with Gasteiger partial charge in [-0.1, -0.05) is 28.8 Å². The minimum atomic E-state index is -1.82. The maximum atomic E-state index is 10.00. The molecule has 0 aromatic heterocycles. The molecule has 156 valence electrons. The third-order valence-electron chi connectivity index (χ3n) is 5.33. The highest BCUT2D eigenvalue weighted by Gasteiger charge is 2.25. The van der Waals surface area contributed by atoms with Gasteiger partial charge in [-0.15, -0.1) is 0 Å². The van der Waals surface area contributed by atoms with Gasteiger partial charge >= 0.3 is 11.9 Å². The van der Waals surface area contributed by atoms with Crippen LogP contribution in [0.1, 0.15) is 44.1 Å². The first-order chi connectivity index (χ1) is 13.4. The summed E-state index contributed by atoms with van der Waals surface area (Å²) in [6, 6.07) is 6.50. The average molecular weight is 457 g/mol. The largest absolute Gasteiger partial charge is 0.508 e. The number of carboxylic acid groups (broad SMARTS) is 2. The van der Waals surface area contributed by atoms with E-state index in [1.165, 1.54) is 51.6 Å². The number of aliphatic carboxylic acids is 2. The smallest absolute Gasteiger partial charge is 0.414 e. The lowest BCUT2D eigenvalue weighted by atomic mass is 10.0. The van der Waals surface area contributed by atoms with E-state index in [-0.39, 0.29) is 0 Å². The van der Waals surface area contributed by atoms with Gasteiger partial charge < -0.3 is 20.2 Å². The average Bonchev–Trinajstić information content (AvgIpc) is 2.95. The molecule has 0 radical (unpaired) electrons. The Bertz CT molecular complexity index is 642. The molecule has 2 heterocycles. The van der Waals surface area contributed by atoms with Crippen molar-refractivity contribution in [1.29, 1.82) is 0 Å². The molecule has 0 aliphatic carbocycles. The molecule has 2 saturated heterocycles. The fraction of sp³-hybridized carbons (Fsp3) is 0.600. The first-order valence-corrected chi connectivity index (χ1v) is 10.6. The molecule has 3 rings (SSSR count). The number of aromatic hydroxyl groups is 1. The summed E-state index contributed by atoms with van der Waals surface area (Å²) in [5.74, 6) is -3.23. The zero-order chi connectivity index (χ0) is 20.5. The van der Waals surface area contributed by atoms with Gasteiger partial charge in [-0.3, -0.25) is 4.90 Å². The number of phenols is 1. The Morgan fingerprint density at radius 3 is 2.07 bits per heavy atom. The molecule has 7 nitrogen and oxygen atoms in total. The van der Waals surface area contributed by atoms with Crippen LogP contribution in [0.15, 0.2) is 22.7 Å². The Kier molecular flexibility index (Phi) is 9.21. The Labute approximate surface area is 174 Å². The highest BCUT2D eigenvalue weighted by atomic mass is 79.9. The van der Waals surface area contributed by atoms with Crippen LogP contribution in [0, 0.1) is 0 Å². The van der Waals surface area contributed by atoms with E-state index in [0.717, 1.165) is 35.7 Å². The van der Waals surface area contributed by atoms with E-state index in [0.29, 0.717) is 5.75 Å². The molecular formula is C20H29BrN2O5. The van der Waals surface area contributed by atoms with Gasteiger partial charge in [0.25, 0.3) is 0 Å². The van der Waals surface area contributed by atoms with E-state index in [1.54, 1.807) is 6.07 Å². The number of hydrogen-bond acceptors (Lipinski definition) is 5. The van der Waals surface area contributed by atoms with Crippen LogP contribution < -0.4 is 0 Å². The van der Waals surface area contributed by atoms with Gasteiger partial charge in [-0.05, 0) is 70.1 Å². The molecular weight excluding hydrogens is 428 g/mol. The molecule has 2 aliphatic rings. The Hall–Kier alpha value is -1.64. The number of rotatable bonds is 3. The third-order valence-corrected chi connectivity index (χ3v) is 5.83. The van der Waals surface area contributed by atoms with E-state index in [4.69, 9.17) is 19.8 Å². The molecule has 8 heteroatoms. The first-order valence-electron chi connectivity index (χ1n) is 9.77. The second-order valence-electron chi connectivity index (χ2n) is 7.34. The van der Waals surface area contributed by atoms with Crippen molar-refractivity contribution in [2.24, 2.45) is 0 Å². The monoisotopic (exact) mass is 456 g/mol. The molecule has 2 aliphatic heterocycles. The number of carboxylic acids is 2. The van der Waals surface area contributed by atoms with Gasteiger partial charge in [0.05, 0.1) is 0 Å². The van der Waals surface area contributed by atoms with Crippen LogP contribution in [0.4, 0.5) is 0 Å². The van der Waals surface area contributed by atoms with Gasteiger partial charge in [-0.25, -0.2) is 9.59 Å². The Balaban J connectivity index is 0.000000409. The topological polar surface area (TPSA) is 101 Å². The minimum Gasteiger partial charge on any atom is -0.508 e. The summed E-state index contributed by atoms with van der Waals surface area (Å²) in [5, 5.41) is 24.8. The first kappa shape index (κ1) is 22.6. The summed E-state index contributed by atoms with van der Waals surface area (Å²) in [5.41, 5.74) is 1.03. The normalized spacial score (nSPS) is 19.3. The number of likely N-dealkylation sites (tertiary alicyclic amines) is 2. The molecule has 2 fully saturated rings. The lowest BCUT2D eigenvalue weighted by Crippen LogP contribution is -2.45. The van der Waals surface area contributed by atoms with Crippen molar-refractivity contribution in [3.63, 3.8) is 0 Å². The number of nitrogens with zero attached hydrogens (tertiary/aromatic N) is 2. The zero-order valence-electron chi connectivity index (χ0n) is 16.0. The summed E-state index contributed by atoms with van der Waals surface area (Å²) < 4.78 is 1.04.